The van der Waals surface area contributed by atoms with E-state index in [1.165, 1.54) is 0 Å². The minimum Gasteiger partial charge on any atom is -0.394 e. The Kier molecular flexibility index (Phi) is 5.03. The van der Waals surface area contributed by atoms with Gasteiger partial charge in [0, 0.05) is 24.2 Å². The van der Waals surface area contributed by atoms with Crippen molar-refractivity contribution in [1.29, 1.82) is 0 Å². The zero-order valence-electron chi connectivity index (χ0n) is 14.7. The summed E-state index contributed by atoms with van der Waals surface area (Å²) in [6.07, 6.45) is 3.39. The van der Waals surface area contributed by atoms with E-state index in [9.17, 15) is 9.90 Å². The number of aryl methyl sites for hydroxylation is 1. The third-order valence-electron chi connectivity index (χ3n) is 5.02. The molecule has 7 heteroatoms. The van der Waals surface area contributed by atoms with Crippen LogP contribution in [-0.2, 0) is 13.0 Å². The summed E-state index contributed by atoms with van der Waals surface area (Å²) >= 11 is 0. The maximum absolute atomic E-state index is 12.3. The lowest BCUT2D eigenvalue weighted by atomic mass is 9.94. The predicted octanol–water partition coefficient (Wildman–Crippen LogP) is 2.56. The van der Waals surface area contributed by atoms with Crippen LogP contribution in [0.1, 0.15) is 38.9 Å². The zero-order valence-corrected chi connectivity index (χ0v) is 14.7. The first-order chi connectivity index (χ1) is 12.1. The Morgan fingerprint density at radius 2 is 2.12 bits per heavy atom. The molecule has 0 spiro atoms. The number of amides is 2. The number of carbonyl (C=O) groups excluding carboxylic acids is 1. The molecule has 2 heterocycles. The minimum absolute atomic E-state index is 0.0840. The molecule has 7 nitrogen and oxygen atoms in total. The Morgan fingerprint density at radius 1 is 1.32 bits per heavy atom. The molecule has 25 heavy (non-hydrogen) atoms. The van der Waals surface area contributed by atoms with Gasteiger partial charge in [0.15, 0.2) is 5.82 Å². The second-order valence-electron chi connectivity index (χ2n) is 6.50. The number of hydrogen-bond donors (Lipinski definition) is 3. The van der Waals surface area contributed by atoms with Gasteiger partial charge in [-0.1, -0.05) is 26.0 Å². The van der Waals surface area contributed by atoms with E-state index in [0.29, 0.717) is 18.5 Å². The molecule has 3 N–H and O–H groups in total. The predicted molar refractivity (Wildman–Crippen MR) is 96.3 cm³/mol. The van der Waals surface area contributed by atoms with Crippen LogP contribution >= 0.6 is 0 Å². The van der Waals surface area contributed by atoms with Gasteiger partial charge in [-0.2, -0.15) is 0 Å². The lowest BCUT2D eigenvalue weighted by molar-refractivity contribution is 0.155. The second kappa shape index (κ2) is 7.23. The zero-order chi connectivity index (χ0) is 17.9. The molecule has 2 aromatic rings. The quantitative estimate of drug-likeness (QED) is 0.751. The molecular weight excluding hydrogens is 318 g/mol. The third kappa shape index (κ3) is 3.51. The number of nitrogens with zero attached hydrogens (tertiary/aromatic N) is 3. The number of aliphatic hydroxyl groups is 1. The highest BCUT2D eigenvalue weighted by Gasteiger charge is 2.27. The SMILES string of the molecule is CCC(CC)(CO)NC(=O)Nc1cccc(-c2nnc3n2CCC3)c1. The van der Waals surface area contributed by atoms with Crippen LogP contribution in [0.15, 0.2) is 24.3 Å². The van der Waals surface area contributed by atoms with Gasteiger partial charge in [-0.25, -0.2) is 4.79 Å². The van der Waals surface area contributed by atoms with E-state index in [4.69, 9.17) is 0 Å². The first-order valence-electron chi connectivity index (χ1n) is 8.83. The Balaban J connectivity index is 1.75. The number of fused-ring (bicyclic) bond motifs is 1. The van der Waals surface area contributed by atoms with Crippen LogP contribution in [0.5, 0.6) is 0 Å². The Morgan fingerprint density at radius 3 is 2.84 bits per heavy atom. The number of carbonyl (C=O) groups is 1. The maximum atomic E-state index is 12.3. The number of hydrogen-bond acceptors (Lipinski definition) is 4. The highest BCUT2D eigenvalue weighted by atomic mass is 16.3. The van der Waals surface area contributed by atoms with Crippen LogP contribution in [0, 0.1) is 0 Å². The summed E-state index contributed by atoms with van der Waals surface area (Å²) in [4.78, 5) is 12.3. The molecule has 1 aliphatic heterocycles. The van der Waals surface area contributed by atoms with E-state index in [2.05, 4.69) is 25.4 Å². The number of urea groups is 1. The molecule has 0 saturated carbocycles. The Bertz CT molecular complexity index is 743. The molecule has 1 aromatic carbocycles. The number of aromatic nitrogens is 3. The lowest BCUT2D eigenvalue weighted by Gasteiger charge is -2.30. The molecule has 3 rings (SSSR count). The molecule has 0 radical (unpaired) electrons. The average Bonchev–Trinajstić information content (AvgIpc) is 3.23. The first-order valence-corrected chi connectivity index (χ1v) is 8.83. The van der Waals surface area contributed by atoms with Gasteiger partial charge in [-0.15, -0.1) is 10.2 Å². The molecule has 1 aliphatic rings. The highest BCUT2D eigenvalue weighted by molar-refractivity contribution is 5.90. The molecular formula is C18H25N5O2. The van der Waals surface area contributed by atoms with E-state index in [1.807, 2.05) is 38.1 Å². The largest absolute Gasteiger partial charge is 0.394 e. The summed E-state index contributed by atoms with van der Waals surface area (Å²) in [5.41, 5.74) is 1.03. The summed E-state index contributed by atoms with van der Waals surface area (Å²) in [7, 11) is 0. The summed E-state index contributed by atoms with van der Waals surface area (Å²) in [6.45, 7) is 4.75. The second-order valence-corrected chi connectivity index (χ2v) is 6.50. The molecule has 0 unspecified atom stereocenters. The number of nitrogens with one attached hydrogen (secondary N) is 2. The molecule has 0 bridgehead atoms. The summed E-state index contributed by atoms with van der Waals surface area (Å²) in [5, 5.41) is 23.8. The van der Waals surface area contributed by atoms with Crippen molar-refractivity contribution in [2.45, 2.75) is 51.6 Å². The van der Waals surface area contributed by atoms with Crippen molar-refractivity contribution in [2.75, 3.05) is 11.9 Å². The third-order valence-corrected chi connectivity index (χ3v) is 5.02. The van der Waals surface area contributed by atoms with Crippen molar-refractivity contribution in [2.24, 2.45) is 0 Å². The van der Waals surface area contributed by atoms with E-state index < -0.39 is 5.54 Å². The van der Waals surface area contributed by atoms with Gasteiger partial charge >= 0.3 is 6.03 Å². The lowest BCUT2D eigenvalue weighted by Crippen LogP contribution is -2.52. The molecule has 134 valence electrons. The number of rotatable bonds is 6. The number of aliphatic hydroxyl groups excluding tert-OH is 1. The molecule has 0 fully saturated rings. The fourth-order valence-corrected chi connectivity index (χ4v) is 3.19. The summed E-state index contributed by atoms with van der Waals surface area (Å²) in [6, 6.07) is 7.27. The van der Waals surface area contributed by atoms with Gasteiger partial charge in [-0.3, -0.25) is 0 Å². The fourth-order valence-electron chi connectivity index (χ4n) is 3.19. The Hall–Kier alpha value is -2.41. The van der Waals surface area contributed by atoms with E-state index in [1.54, 1.807) is 0 Å². The van der Waals surface area contributed by atoms with E-state index >= 15 is 0 Å². The summed E-state index contributed by atoms with van der Waals surface area (Å²) < 4.78 is 2.13. The van der Waals surface area contributed by atoms with Crippen LogP contribution in [0.2, 0.25) is 0 Å². The molecule has 0 saturated heterocycles. The van der Waals surface area contributed by atoms with Gasteiger partial charge in [0.1, 0.15) is 5.82 Å². The van der Waals surface area contributed by atoms with Crippen molar-refractivity contribution in [1.82, 2.24) is 20.1 Å². The van der Waals surface area contributed by atoms with Crippen LogP contribution < -0.4 is 10.6 Å². The first kappa shape index (κ1) is 17.4. The summed E-state index contributed by atoms with van der Waals surface area (Å²) in [5.74, 6) is 1.85. The van der Waals surface area contributed by atoms with Crippen molar-refractivity contribution in [3.8, 4) is 11.4 Å². The van der Waals surface area contributed by atoms with Crippen molar-refractivity contribution >= 4 is 11.7 Å². The van der Waals surface area contributed by atoms with Gasteiger partial charge in [0.2, 0.25) is 0 Å². The van der Waals surface area contributed by atoms with Crippen LogP contribution in [0.4, 0.5) is 10.5 Å². The van der Waals surface area contributed by atoms with E-state index in [0.717, 1.165) is 36.6 Å². The maximum Gasteiger partial charge on any atom is 0.319 e. The average molecular weight is 343 g/mol. The molecule has 0 aliphatic carbocycles. The van der Waals surface area contributed by atoms with Gasteiger partial charge in [-0.05, 0) is 31.4 Å². The smallest absolute Gasteiger partial charge is 0.319 e. The van der Waals surface area contributed by atoms with Crippen molar-refractivity contribution < 1.29 is 9.90 Å². The monoisotopic (exact) mass is 343 g/mol. The standard InChI is InChI=1S/C18H25N5O2/c1-3-18(4-2,12-24)20-17(25)19-14-8-5-7-13(11-14)16-22-21-15-9-6-10-23(15)16/h5,7-8,11,24H,3-4,6,9-10,12H2,1-2H3,(H2,19,20,25). The molecule has 2 amide bonds. The van der Waals surface area contributed by atoms with Crippen molar-refractivity contribution in [3.05, 3.63) is 30.1 Å². The van der Waals surface area contributed by atoms with Crippen LogP contribution in [0.25, 0.3) is 11.4 Å². The topological polar surface area (TPSA) is 92.1 Å². The normalized spacial score (nSPS) is 13.6. The van der Waals surface area contributed by atoms with Crippen LogP contribution in [-0.4, -0.2) is 38.0 Å². The number of benzene rings is 1. The number of anilines is 1. The van der Waals surface area contributed by atoms with E-state index in [-0.39, 0.29) is 12.6 Å². The minimum atomic E-state index is -0.588. The van der Waals surface area contributed by atoms with Gasteiger partial charge in [0.25, 0.3) is 0 Å². The molecule has 1 aromatic heterocycles. The van der Waals surface area contributed by atoms with Gasteiger partial charge < -0.3 is 20.3 Å². The highest BCUT2D eigenvalue weighted by Crippen LogP contribution is 2.25. The van der Waals surface area contributed by atoms with Crippen LogP contribution in [0.3, 0.4) is 0 Å². The molecule has 0 atom stereocenters. The Labute approximate surface area is 147 Å². The fraction of sp³-hybridized carbons (Fsp3) is 0.500. The van der Waals surface area contributed by atoms with Gasteiger partial charge in [0.05, 0.1) is 12.1 Å². The van der Waals surface area contributed by atoms with Crippen molar-refractivity contribution in [3.63, 3.8) is 0 Å².